The Labute approximate surface area is 151 Å². The van der Waals surface area contributed by atoms with Crippen molar-refractivity contribution in [3.8, 4) is 17.1 Å². The Bertz CT molecular complexity index is 893. The fraction of sp³-hybridized carbons (Fsp3) is 0.125. The van der Waals surface area contributed by atoms with Crippen LogP contribution in [0.1, 0.15) is 11.9 Å². The van der Waals surface area contributed by atoms with Crippen LogP contribution in [0.15, 0.2) is 52.2 Å². The summed E-state index contributed by atoms with van der Waals surface area (Å²) in [6.07, 6.45) is 3.18. The molecule has 1 atom stereocenters. The Morgan fingerprint density at radius 3 is 2.92 bits per heavy atom. The van der Waals surface area contributed by atoms with Crippen LogP contribution < -0.4 is 10.1 Å². The Hall–Kier alpha value is -2.19. The third-order valence-electron chi connectivity index (χ3n) is 3.53. The first-order valence-electron chi connectivity index (χ1n) is 7.17. The lowest BCUT2D eigenvalue weighted by molar-refractivity contribution is 0.220. The van der Waals surface area contributed by atoms with E-state index < -0.39 is 6.23 Å². The van der Waals surface area contributed by atoms with Gasteiger partial charge in [-0.05, 0) is 36.6 Å². The lowest BCUT2D eigenvalue weighted by Gasteiger charge is -2.18. The molecule has 120 valence electrons. The van der Waals surface area contributed by atoms with Crippen molar-refractivity contribution >= 4 is 33.4 Å². The van der Waals surface area contributed by atoms with Gasteiger partial charge in [-0.2, -0.15) is 4.98 Å². The molecule has 0 radical (unpaired) electrons. The number of pyridine rings is 1. The van der Waals surface area contributed by atoms with Gasteiger partial charge in [-0.15, -0.1) is 10.2 Å². The molecule has 0 saturated heterocycles. The molecule has 0 unspecified atom stereocenters. The van der Waals surface area contributed by atoms with Gasteiger partial charge in [0.1, 0.15) is 5.69 Å². The number of benzene rings is 1. The molecule has 1 aliphatic heterocycles. The van der Waals surface area contributed by atoms with E-state index >= 15 is 0 Å². The van der Waals surface area contributed by atoms with Crippen molar-refractivity contribution < 1.29 is 4.74 Å². The van der Waals surface area contributed by atoms with E-state index in [0.29, 0.717) is 16.7 Å². The highest BCUT2D eigenvalue weighted by atomic mass is 79.9. The van der Waals surface area contributed by atoms with Gasteiger partial charge in [0.15, 0.2) is 5.69 Å². The van der Waals surface area contributed by atoms with Crippen molar-refractivity contribution in [3.05, 3.63) is 52.8 Å². The van der Waals surface area contributed by atoms with Crippen molar-refractivity contribution in [1.82, 2.24) is 20.2 Å². The summed E-state index contributed by atoms with van der Waals surface area (Å²) >= 11 is 4.92. The molecule has 0 saturated carbocycles. The fourth-order valence-corrected chi connectivity index (χ4v) is 3.08. The summed E-state index contributed by atoms with van der Waals surface area (Å²) in [6, 6.07) is 11.6. The molecule has 3 heterocycles. The van der Waals surface area contributed by atoms with Gasteiger partial charge in [-0.3, -0.25) is 4.98 Å². The van der Waals surface area contributed by atoms with Gasteiger partial charge >= 0.3 is 0 Å². The number of hydrogen-bond acceptors (Lipinski definition) is 7. The highest BCUT2D eigenvalue weighted by molar-refractivity contribution is 9.10. The number of halogens is 1. The second-order valence-corrected chi connectivity index (χ2v) is 6.73. The van der Waals surface area contributed by atoms with Crippen LogP contribution in [0.3, 0.4) is 0 Å². The van der Waals surface area contributed by atoms with Gasteiger partial charge < -0.3 is 10.1 Å². The zero-order valence-corrected chi connectivity index (χ0v) is 15.0. The predicted molar refractivity (Wildman–Crippen MR) is 96.0 cm³/mol. The summed E-state index contributed by atoms with van der Waals surface area (Å²) in [6.45, 7) is 0. The molecule has 8 heteroatoms. The molecular formula is C16H12BrN5OS. The Balaban J connectivity index is 1.89. The SMILES string of the molecule is CSc1nnc2c(n1)O[C@H](c1ccccn1)Nc1ccc(Br)cc1-2. The van der Waals surface area contributed by atoms with Gasteiger partial charge in [0.25, 0.3) is 0 Å². The largest absolute Gasteiger partial charge is 0.446 e. The smallest absolute Gasteiger partial charge is 0.247 e. The number of anilines is 1. The molecule has 1 aromatic carbocycles. The molecule has 1 aliphatic rings. The van der Waals surface area contributed by atoms with Crippen molar-refractivity contribution in [2.45, 2.75) is 11.4 Å². The number of rotatable bonds is 2. The molecule has 0 amide bonds. The first kappa shape index (κ1) is 15.3. The molecule has 0 bridgehead atoms. The maximum Gasteiger partial charge on any atom is 0.247 e. The molecule has 0 fully saturated rings. The normalized spacial score (nSPS) is 15.5. The highest BCUT2D eigenvalue weighted by Gasteiger charge is 2.26. The van der Waals surface area contributed by atoms with Crippen LogP contribution in [0, 0.1) is 0 Å². The van der Waals surface area contributed by atoms with Gasteiger partial charge in [0, 0.05) is 21.9 Å². The Morgan fingerprint density at radius 1 is 1.21 bits per heavy atom. The molecule has 0 spiro atoms. The molecule has 2 aromatic heterocycles. The van der Waals surface area contributed by atoms with E-state index in [1.165, 1.54) is 11.8 Å². The number of ether oxygens (including phenoxy) is 1. The maximum absolute atomic E-state index is 6.09. The number of hydrogen-bond donors (Lipinski definition) is 1. The minimum atomic E-state index is -0.459. The highest BCUT2D eigenvalue weighted by Crippen LogP contribution is 2.40. The van der Waals surface area contributed by atoms with Crippen LogP contribution in [0.4, 0.5) is 5.69 Å². The summed E-state index contributed by atoms with van der Waals surface area (Å²) in [5, 5.41) is 12.4. The number of nitrogens with zero attached hydrogens (tertiary/aromatic N) is 4. The van der Waals surface area contributed by atoms with E-state index in [2.05, 4.69) is 41.4 Å². The monoisotopic (exact) mass is 401 g/mol. The van der Waals surface area contributed by atoms with Gasteiger partial charge in [0.05, 0.1) is 0 Å². The van der Waals surface area contributed by atoms with Crippen LogP contribution in [-0.2, 0) is 0 Å². The fourth-order valence-electron chi connectivity index (χ4n) is 2.42. The van der Waals surface area contributed by atoms with Crippen LogP contribution in [-0.4, -0.2) is 26.4 Å². The van der Waals surface area contributed by atoms with E-state index in [1.54, 1.807) is 6.20 Å². The third kappa shape index (κ3) is 2.83. The van der Waals surface area contributed by atoms with Crippen molar-refractivity contribution in [2.75, 3.05) is 11.6 Å². The van der Waals surface area contributed by atoms with Crippen LogP contribution in [0.2, 0.25) is 0 Å². The predicted octanol–water partition coefficient (Wildman–Crippen LogP) is 3.92. The Morgan fingerprint density at radius 2 is 2.12 bits per heavy atom. The summed E-state index contributed by atoms with van der Waals surface area (Å²) in [5.41, 5.74) is 3.14. The van der Waals surface area contributed by atoms with E-state index in [0.717, 1.165) is 21.4 Å². The van der Waals surface area contributed by atoms with Gasteiger partial charge in [0.2, 0.25) is 17.3 Å². The summed E-state index contributed by atoms with van der Waals surface area (Å²) in [7, 11) is 0. The first-order valence-corrected chi connectivity index (χ1v) is 9.19. The third-order valence-corrected chi connectivity index (χ3v) is 4.56. The number of nitrogens with one attached hydrogen (secondary N) is 1. The zero-order chi connectivity index (χ0) is 16.5. The minimum absolute atomic E-state index is 0.439. The van der Waals surface area contributed by atoms with Crippen LogP contribution in [0.25, 0.3) is 11.3 Å². The average molecular weight is 402 g/mol. The molecule has 0 aliphatic carbocycles. The van der Waals surface area contributed by atoms with E-state index in [9.17, 15) is 0 Å². The summed E-state index contributed by atoms with van der Waals surface area (Å²) in [4.78, 5) is 8.86. The lowest BCUT2D eigenvalue weighted by Crippen LogP contribution is -2.18. The van der Waals surface area contributed by atoms with Crippen LogP contribution in [0.5, 0.6) is 5.88 Å². The molecule has 6 nitrogen and oxygen atoms in total. The van der Waals surface area contributed by atoms with Crippen molar-refractivity contribution in [3.63, 3.8) is 0 Å². The molecule has 1 N–H and O–H groups in total. The first-order chi connectivity index (χ1) is 11.7. The standard InChI is InChI=1S/C16H12BrN5OS/c1-24-16-20-15-13(21-22-16)10-8-9(17)5-6-11(10)19-14(23-15)12-4-2-3-7-18-12/h2-8,14,19H,1H3/t14-/m1/s1. The molecule has 24 heavy (non-hydrogen) atoms. The van der Waals surface area contributed by atoms with Crippen molar-refractivity contribution in [2.24, 2.45) is 0 Å². The average Bonchev–Trinajstić information content (AvgIpc) is 2.78. The Kier molecular flexibility index (Phi) is 4.07. The van der Waals surface area contributed by atoms with E-state index in [4.69, 9.17) is 4.74 Å². The summed E-state index contributed by atoms with van der Waals surface area (Å²) < 4.78 is 7.04. The molecular weight excluding hydrogens is 390 g/mol. The number of aromatic nitrogens is 4. The van der Waals surface area contributed by atoms with Gasteiger partial charge in [-0.25, -0.2) is 0 Å². The molecule has 3 aromatic rings. The van der Waals surface area contributed by atoms with Crippen molar-refractivity contribution in [1.29, 1.82) is 0 Å². The van der Waals surface area contributed by atoms with E-state index in [1.807, 2.05) is 42.7 Å². The lowest BCUT2D eigenvalue weighted by atomic mass is 10.1. The second-order valence-electron chi connectivity index (χ2n) is 5.04. The van der Waals surface area contributed by atoms with E-state index in [-0.39, 0.29) is 0 Å². The van der Waals surface area contributed by atoms with Gasteiger partial charge in [-0.1, -0.05) is 33.8 Å². The maximum atomic E-state index is 6.09. The zero-order valence-electron chi connectivity index (χ0n) is 12.6. The minimum Gasteiger partial charge on any atom is -0.446 e. The van der Waals surface area contributed by atoms with Crippen LogP contribution >= 0.6 is 27.7 Å². The second kappa shape index (κ2) is 6.37. The summed E-state index contributed by atoms with van der Waals surface area (Å²) in [5.74, 6) is 0.439. The quantitative estimate of drug-likeness (QED) is 0.652. The number of thioether (sulfide) groups is 1. The topological polar surface area (TPSA) is 72.8 Å². The number of fused-ring (bicyclic) bond motifs is 3. The molecule has 4 rings (SSSR count).